The van der Waals surface area contributed by atoms with Gasteiger partial charge in [0, 0.05) is 15.7 Å². The minimum absolute atomic E-state index is 0.0834. The van der Waals surface area contributed by atoms with Crippen LogP contribution in [0.3, 0.4) is 0 Å². The summed E-state index contributed by atoms with van der Waals surface area (Å²) in [5.41, 5.74) is 3.66. The van der Waals surface area contributed by atoms with Crippen LogP contribution in [0.5, 0.6) is 0 Å². The van der Waals surface area contributed by atoms with Gasteiger partial charge in [-0.1, -0.05) is 39.2 Å². The normalized spacial score (nSPS) is 10.2. The predicted molar refractivity (Wildman–Crippen MR) is 78.0 cm³/mol. The maximum atomic E-state index is 12.1. The number of rotatable bonds is 2. The second-order valence-corrected chi connectivity index (χ2v) is 5.26. The summed E-state index contributed by atoms with van der Waals surface area (Å²) in [7, 11) is 0. The molecule has 2 aromatic carbocycles. The van der Waals surface area contributed by atoms with E-state index >= 15 is 0 Å². The molecule has 1 amide bonds. The Morgan fingerprint density at radius 3 is 2.33 bits per heavy atom. The highest BCUT2D eigenvalue weighted by molar-refractivity contribution is 9.10. The number of aryl methyl sites for hydroxylation is 2. The van der Waals surface area contributed by atoms with Crippen molar-refractivity contribution in [3.8, 4) is 0 Å². The van der Waals surface area contributed by atoms with Gasteiger partial charge in [-0.15, -0.1) is 0 Å². The van der Waals surface area contributed by atoms with Gasteiger partial charge >= 0.3 is 0 Å². The number of anilines is 1. The fraction of sp³-hybridized carbons (Fsp3) is 0.133. The summed E-state index contributed by atoms with van der Waals surface area (Å²) in [6.45, 7) is 3.98. The Kier molecular flexibility index (Phi) is 3.82. The number of hydrogen-bond acceptors (Lipinski definition) is 1. The van der Waals surface area contributed by atoms with Crippen molar-refractivity contribution >= 4 is 27.5 Å². The van der Waals surface area contributed by atoms with Gasteiger partial charge in [0.1, 0.15) is 0 Å². The molecule has 0 atom stereocenters. The third kappa shape index (κ3) is 3.20. The molecule has 0 bridgehead atoms. The zero-order chi connectivity index (χ0) is 13.1. The molecule has 0 aliphatic carbocycles. The minimum Gasteiger partial charge on any atom is -0.322 e. The summed E-state index contributed by atoms with van der Waals surface area (Å²) < 4.78 is 0.945. The molecular weight excluding hydrogens is 290 g/mol. The molecule has 0 aliphatic heterocycles. The molecule has 1 N–H and O–H groups in total. The Bertz CT molecular complexity index is 573. The van der Waals surface area contributed by atoms with Crippen LogP contribution >= 0.6 is 15.9 Å². The molecule has 92 valence electrons. The Hall–Kier alpha value is -1.61. The van der Waals surface area contributed by atoms with Crippen molar-refractivity contribution in [3.05, 3.63) is 63.6 Å². The van der Waals surface area contributed by atoms with Gasteiger partial charge in [-0.05, 0) is 44.2 Å². The van der Waals surface area contributed by atoms with E-state index in [2.05, 4.69) is 27.3 Å². The second-order valence-electron chi connectivity index (χ2n) is 4.34. The molecule has 0 fully saturated rings. The van der Waals surface area contributed by atoms with E-state index in [1.54, 1.807) is 0 Å². The van der Waals surface area contributed by atoms with Gasteiger partial charge in [-0.2, -0.15) is 0 Å². The van der Waals surface area contributed by atoms with Gasteiger partial charge in [0.15, 0.2) is 0 Å². The number of amides is 1. The van der Waals surface area contributed by atoms with Crippen LogP contribution in [0, 0.1) is 13.8 Å². The second kappa shape index (κ2) is 5.36. The highest BCUT2D eigenvalue weighted by atomic mass is 79.9. The van der Waals surface area contributed by atoms with Crippen LogP contribution < -0.4 is 5.32 Å². The lowest BCUT2D eigenvalue weighted by molar-refractivity contribution is 0.102. The summed E-state index contributed by atoms with van der Waals surface area (Å²) in [6.07, 6.45) is 0. The molecule has 3 heteroatoms. The number of nitrogens with one attached hydrogen (secondary N) is 1. The Morgan fingerprint density at radius 1 is 1.06 bits per heavy atom. The van der Waals surface area contributed by atoms with Crippen LogP contribution in [0.1, 0.15) is 21.5 Å². The Balaban J connectivity index is 2.22. The molecule has 0 aliphatic rings. The highest BCUT2D eigenvalue weighted by Crippen LogP contribution is 2.17. The van der Waals surface area contributed by atoms with Gasteiger partial charge in [-0.3, -0.25) is 4.79 Å². The standard InChI is InChI=1S/C15H14BrNO/c1-10-6-11(2)8-12(7-10)15(18)17-14-5-3-4-13(16)9-14/h3-9H,1-2H3,(H,17,18). The zero-order valence-electron chi connectivity index (χ0n) is 10.3. The quantitative estimate of drug-likeness (QED) is 0.879. The van der Waals surface area contributed by atoms with Crippen molar-refractivity contribution in [2.75, 3.05) is 5.32 Å². The van der Waals surface area contributed by atoms with Gasteiger partial charge < -0.3 is 5.32 Å². The van der Waals surface area contributed by atoms with Crippen molar-refractivity contribution in [1.82, 2.24) is 0 Å². The monoisotopic (exact) mass is 303 g/mol. The lowest BCUT2D eigenvalue weighted by Gasteiger charge is -2.07. The smallest absolute Gasteiger partial charge is 0.255 e. The van der Waals surface area contributed by atoms with E-state index in [1.165, 1.54) is 0 Å². The van der Waals surface area contributed by atoms with E-state index in [-0.39, 0.29) is 5.91 Å². The van der Waals surface area contributed by atoms with E-state index in [0.717, 1.165) is 21.3 Å². The van der Waals surface area contributed by atoms with Crippen LogP contribution in [0.15, 0.2) is 46.9 Å². The van der Waals surface area contributed by atoms with Gasteiger partial charge in [0.2, 0.25) is 0 Å². The third-order valence-corrected chi connectivity index (χ3v) is 3.06. The van der Waals surface area contributed by atoms with Crippen molar-refractivity contribution in [1.29, 1.82) is 0 Å². The molecule has 2 aromatic rings. The summed E-state index contributed by atoms with van der Waals surface area (Å²) >= 11 is 3.38. The van der Waals surface area contributed by atoms with Gasteiger partial charge in [0.25, 0.3) is 5.91 Å². The van der Waals surface area contributed by atoms with Crippen LogP contribution in [0.25, 0.3) is 0 Å². The maximum absolute atomic E-state index is 12.1. The number of benzene rings is 2. The van der Waals surface area contributed by atoms with Crippen molar-refractivity contribution in [3.63, 3.8) is 0 Å². The first-order chi connectivity index (χ1) is 8.54. The molecule has 0 heterocycles. The predicted octanol–water partition coefficient (Wildman–Crippen LogP) is 4.32. The van der Waals surface area contributed by atoms with Crippen LogP contribution in [-0.2, 0) is 0 Å². The summed E-state index contributed by atoms with van der Waals surface area (Å²) in [5, 5.41) is 2.88. The van der Waals surface area contributed by atoms with Gasteiger partial charge in [-0.25, -0.2) is 0 Å². The first kappa shape index (κ1) is 12.8. The van der Waals surface area contributed by atoms with E-state index < -0.39 is 0 Å². The van der Waals surface area contributed by atoms with E-state index in [4.69, 9.17) is 0 Å². The van der Waals surface area contributed by atoms with Crippen LogP contribution in [0.4, 0.5) is 5.69 Å². The Morgan fingerprint density at radius 2 is 1.72 bits per heavy atom. The lowest BCUT2D eigenvalue weighted by atomic mass is 10.1. The SMILES string of the molecule is Cc1cc(C)cc(C(=O)Nc2cccc(Br)c2)c1. The average molecular weight is 304 g/mol. The number of carbonyl (C=O) groups excluding carboxylic acids is 1. The van der Waals surface area contributed by atoms with Crippen LogP contribution in [0.2, 0.25) is 0 Å². The van der Waals surface area contributed by atoms with E-state index in [0.29, 0.717) is 5.56 Å². The third-order valence-electron chi connectivity index (χ3n) is 2.57. The molecule has 2 nitrogen and oxygen atoms in total. The largest absolute Gasteiger partial charge is 0.322 e. The summed E-state index contributed by atoms with van der Waals surface area (Å²) in [5.74, 6) is -0.0834. The molecular formula is C15H14BrNO. The van der Waals surface area contributed by atoms with Gasteiger partial charge in [0.05, 0.1) is 0 Å². The molecule has 18 heavy (non-hydrogen) atoms. The van der Waals surface area contributed by atoms with Crippen molar-refractivity contribution in [2.24, 2.45) is 0 Å². The molecule has 2 rings (SSSR count). The number of halogens is 1. The molecule has 0 radical (unpaired) electrons. The molecule has 0 unspecified atom stereocenters. The summed E-state index contributed by atoms with van der Waals surface area (Å²) in [4.78, 5) is 12.1. The Labute approximate surface area is 115 Å². The fourth-order valence-electron chi connectivity index (χ4n) is 1.88. The van der Waals surface area contributed by atoms with E-state index in [9.17, 15) is 4.79 Å². The molecule has 0 saturated heterocycles. The number of carbonyl (C=O) groups is 1. The summed E-state index contributed by atoms with van der Waals surface area (Å²) in [6, 6.07) is 13.4. The first-order valence-electron chi connectivity index (χ1n) is 5.70. The molecule has 0 aromatic heterocycles. The van der Waals surface area contributed by atoms with Crippen molar-refractivity contribution in [2.45, 2.75) is 13.8 Å². The molecule has 0 saturated carbocycles. The maximum Gasteiger partial charge on any atom is 0.255 e. The van der Waals surface area contributed by atoms with Crippen molar-refractivity contribution < 1.29 is 4.79 Å². The average Bonchev–Trinajstić information content (AvgIpc) is 2.27. The first-order valence-corrected chi connectivity index (χ1v) is 6.49. The minimum atomic E-state index is -0.0834. The topological polar surface area (TPSA) is 29.1 Å². The molecule has 0 spiro atoms. The fourth-order valence-corrected chi connectivity index (χ4v) is 2.27. The highest BCUT2D eigenvalue weighted by Gasteiger charge is 2.07. The van der Waals surface area contributed by atoms with Crippen LogP contribution in [-0.4, -0.2) is 5.91 Å². The number of hydrogen-bond donors (Lipinski definition) is 1. The lowest BCUT2D eigenvalue weighted by Crippen LogP contribution is -2.12. The zero-order valence-corrected chi connectivity index (χ0v) is 11.9. The van der Waals surface area contributed by atoms with E-state index in [1.807, 2.05) is 50.2 Å².